The average Bonchev–Trinajstić information content (AvgIpc) is 3.03. The van der Waals surface area contributed by atoms with Crippen LogP contribution in [0.1, 0.15) is 36.6 Å². The molecule has 3 heterocycles. The lowest BCUT2D eigenvalue weighted by Gasteiger charge is -2.11. The van der Waals surface area contributed by atoms with Crippen molar-refractivity contribution in [3.8, 4) is 11.4 Å². The predicted molar refractivity (Wildman–Crippen MR) is 122 cm³/mol. The van der Waals surface area contributed by atoms with Gasteiger partial charge in [0.1, 0.15) is 11.4 Å². The van der Waals surface area contributed by atoms with Gasteiger partial charge in [0, 0.05) is 31.4 Å². The maximum atomic E-state index is 13.1. The topological polar surface area (TPSA) is 104 Å². The molecule has 4 rings (SSSR count). The number of aryl methyl sites for hydroxylation is 1. The number of rotatable bonds is 5. The first-order valence-corrected chi connectivity index (χ1v) is 10.1. The van der Waals surface area contributed by atoms with E-state index in [9.17, 15) is 4.79 Å². The number of nitrogens with two attached hydrogens (primary N) is 1. The minimum Gasteiger partial charge on any atom is -0.384 e. The van der Waals surface area contributed by atoms with Crippen LogP contribution in [-0.2, 0) is 13.6 Å². The molecule has 2 N–H and O–H groups in total. The zero-order valence-corrected chi connectivity index (χ0v) is 18.1. The number of hydrogen-bond donors (Lipinski definition) is 1. The van der Waals surface area contributed by atoms with E-state index in [1.807, 2.05) is 36.4 Å². The summed E-state index contributed by atoms with van der Waals surface area (Å²) < 4.78 is 3.21. The van der Waals surface area contributed by atoms with Crippen molar-refractivity contribution in [1.29, 1.82) is 0 Å². The Hall–Kier alpha value is -3.81. The zero-order chi connectivity index (χ0) is 22.1. The van der Waals surface area contributed by atoms with Gasteiger partial charge >= 0.3 is 5.69 Å². The van der Waals surface area contributed by atoms with Gasteiger partial charge in [-0.1, -0.05) is 38.1 Å². The molecule has 0 amide bonds. The predicted octanol–water partition coefficient (Wildman–Crippen LogP) is 2.70. The van der Waals surface area contributed by atoms with Crippen molar-refractivity contribution >= 4 is 17.0 Å². The van der Waals surface area contributed by atoms with Crippen LogP contribution in [0.4, 0.5) is 0 Å². The van der Waals surface area contributed by atoms with Gasteiger partial charge in [0.25, 0.3) is 0 Å². The fourth-order valence-corrected chi connectivity index (χ4v) is 3.71. The van der Waals surface area contributed by atoms with Crippen molar-refractivity contribution in [2.45, 2.75) is 26.3 Å². The van der Waals surface area contributed by atoms with E-state index in [-0.39, 0.29) is 11.6 Å². The van der Waals surface area contributed by atoms with E-state index in [1.165, 1.54) is 0 Å². The van der Waals surface area contributed by atoms with Crippen molar-refractivity contribution in [3.05, 3.63) is 76.1 Å². The summed E-state index contributed by atoms with van der Waals surface area (Å²) in [5.41, 5.74) is 10.6. The van der Waals surface area contributed by atoms with E-state index < -0.39 is 0 Å². The third-order valence-electron chi connectivity index (χ3n) is 5.37. The average molecular weight is 416 g/mol. The molecule has 0 aliphatic carbocycles. The number of aromatic nitrogens is 5. The second kappa shape index (κ2) is 8.14. The van der Waals surface area contributed by atoms with Gasteiger partial charge in [-0.3, -0.25) is 19.1 Å². The Balaban J connectivity index is 1.90. The molecular weight excluding hydrogens is 390 g/mol. The van der Waals surface area contributed by atoms with Crippen molar-refractivity contribution in [1.82, 2.24) is 24.1 Å². The monoisotopic (exact) mass is 415 g/mol. The van der Waals surface area contributed by atoms with Crippen LogP contribution in [0.2, 0.25) is 0 Å². The third-order valence-corrected chi connectivity index (χ3v) is 5.37. The molecule has 8 heteroatoms. The van der Waals surface area contributed by atoms with E-state index in [4.69, 9.17) is 10.7 Å². The Morgan fingerprint density at radius 2 is 1.94 bits per heavy atom. The van der Waals surface area contributed by atoms with Crippen molar-refractivity contribution < 1.29 is 0 Å². The highest BCUT2D eigenvalue weighted by Gasteiger charge is 2.18. The maximum Gasteiger partial charge on any atom is 0.330 e. The molecule has 0 bridgehead atoms. The fraction of sp³-hybridized carbons (Fsp3) is 0.261. The van der Waals surface area contributed by atoms with Crippen LogP contribution >= 0.6 is 0 Å². The second-order valence-corrected chi connectivity index (χ2v) is 7.69. The lowest BCUT2D eigenvalue weighted by atomic mass is 10.0. The lowest BCUT2D eigenvalue weighted by Crippen LogP contribution is -2.24. The van der Waals surface area contributed by atoms with Gasteiger partial charge in [0.2, 0.25) is 0 Å². The molecule has 158 valence electrons. The molecule has 0 fully saturated rings. The van der Waals surface area contributed by atoms with Gasteiger partial charge < -0.3 is 5.73 Å². The van der Waals surface area contributed by atoms with E-state index >= 15 is 0 Å². The smallest absolute Gasteiger partial charge is 0.330 e. The number of fused-ring (bicyclic) bond motifs is 1. The van der Waals surface area contributed by atoms with Crippen molar-refractivity contribution in [2.24, 2.45) is 17.8 Å². The molecule has 0 saturated heterocycles. The van der Waals surface area contributed by atoms with Gasteiger partial charge in [-0.25, -0.2) is 14.8 Å². The highest BCUT2D eigenvalue weighted by molar-refractivity contribution is 5.98. The third kappa shape index (κ3) is 3.61. The highest BCUT2D eigenvalue weighted by Crippen LogP contribution is 2.26. The summed E-state index contributed by atoms with van der Waals surface area (Å²) in [6.45, 7) is 4.49. The number of amidine groups is 1. The van der Waals surface area contributed by atoms with Crippen LogP contribution in [0.3, 0.4) is 0 Å². The molecule has 3 aromatic heterocycles. The number of hydrogen-bond acceptors (Lipinski definition) is 5. The van der Waals surface area contributed by atoms with E-state index in [0.29, 0.717) is 29.4 Å². The molecular formula is C23H25N7O. The summed E-state index contributed by atoms with van der Waals surface area (Å²) in [5.74, 6) is 1.19. The Bertz CT molecular complexity index is 1350. The second-order valence-electron chi connectivity index (χ2n) is 7.69. The highest BCUT2D eigenvalue weighted by atomic mass is 16.1. The first kappa shape index (κ1) is 20.5. The van der Waals surface area contributed by atoms with Crippen LogP contribution in [0, 0.1) is 0 Å². The number of pyridine rings is 1. The molecule has 8 nitrogen and oxygen atoms in total. The Morgan fingerprint density at radius 3 is 2.68 bits per heavy atom. The van der Waals surface area contributed by atoms with Crippen molar-refractivity contribution in [3.63, 3.8) is 0 Å². The Labute approximate surface area is 180 Å². The quantitative estimate of drug-likeness (QED) is 0.399. The number of nitrogens with zero attached hydrogens (tertiary/aromatic N) is 6. The van der Waals surface area contributed by atoms with E-state index in [0.717, 1.165) is 22.4 Å². The molecule has 0 atom stereocenters. The van der Waals surface area contributed by atoms with E-state index in [1.54, 1.807) is 35.6 Å². The molecule has 4 aromatic rings. The summed E-state index contributed by atoms with van der Waals surface area (Å²) in [6, 6.07) is 11.5. The van der Waals surface area contributed by atoms with E-state index in [2.05, 4.69) is 28.8 Å². The first-order valence-electron chi connectivity index (χ1n) is 10.1. The molecule has 0 unspecified atom stereocenters. The normalized spacial score (nSPS) is 12.1. The van der Waals surface area contributed by atoms with Gasteiger partial charge in [0.05, 0.1) is 18.4 Å². The number of imidazole rings is 1. The first-order chi connectivity index (χ1) is 14.9. The van der Waals surface area contributed by atoms with Crippen LogP contribution in [0.5, 0.6) is 0 Å². The Kier molecular flexibility index (Phi) is 5.37. The minimum absolute atomic E-state index is 0.168. The van der Waals surface area contributed by atoms with Crippen LogP contribution in [0.15, 0.2) is 58.6 Å². The van der Waals surface area contributed by atoms with Crippen LogP contribution < -0.4 is 11.4 Å². The minimum atomic E-state index is -0.168. The molecule has 0 radical (unpaired) electrons. The van der Waals surface area contributed by atoms with Gasteiger partial charge in [-0.2, -0.15) is 0 Å². The largest absolute Gasteiger partial charge is 0.384 e. The van der Waals surface area contributed by atoms with Crippen LogP contribution in [-0.4, -0.2) is 37.0 Å². The standard InChI is InChI=1S/C23H25N7O/c1-14(2)19-17(10-7-11-26-19)21-27-12-18-22(28-21)30(23(31)29(18)4)13-15-8-5-6-9-16(15)20(24)25-3/h5-12,14H,13H2,1-4H3,(H2,24,25). The summed E-state index contributed by atoms with van der Waals surface area (Å²) >= 11 is 0. The van der Waals surface area contributed by atoms with Gasteiger partial charge in [-0.15, -0.1) is 0 Å². The molecule has 0 spiro atoms. The van der Waals surface area contributed by atoms with Gasteiger partial charge in [0.15, 0.2) is 11.5 Å². The number of aliphatic imine (C=N–C) groups is 1. The SMILES string of the molecule is CN=C(N)c1ccccc1Cn1c(=O)n(C)c2cnc(-c3cccnc3C(C)C)nc21. The Morgan fingerprint density at radius 1 is 1.16 bits per heavy atom. The molecule has 1 aromatic carbocycles. The molecule has 0 saturated carbocycles. The maximum absolute atomic E-state index is 13.1. The number of benzene rings is 1. The summed E-state index contributed by atoms with van der Waals surface area (Å²) in [6.07, 6.45) is 3.47. The summed E-state index contributed by atoms with van der Waals surface area (Å²) in [4.78, 5) is 31.0. The fourth-order valence-electron chi connectivity index (χ4n) is 3.71. The summed E-state index contributed by atoms with van der Waals surface area (Å²) in [7, 11) is 3.37. The van der Waals surface area contributed by atoms with Crippen molar-refractivity contribution in [2.75, 3.05) is 7.05 Å². The molecule has 31 heavy (non-hydrogen) atoms. The zero-order valence-electron chi connectivity index (χ0n) is 18.1. The molecule has 0 aliphatic rings. The summed E-state index contributed by atoms with van der Waals surface area (Å²) in [5, 5.41) is 0. The molecule has 0 aliphatic heterocycles. The van der Waals surface area contributed by atoms with Crippen LogP contribution in [0.25, 0.3) is 22.6 Å². The lowest BCUT2D eigenvalue weighted by molar-refractivity contribution is 0.730. The van der Waals surface area contributed by atoms with Gasteiger partial charge in [-0.05, 0) is 23.6 Å².